The second-order valence-corrected chi connectivity index (χ2v) is 2.38. The molecule has 0 bridgehead atoms. The van der Waals surface area contributed by atoms with Crippen LogP contribution in [-0.2, 0) is 19.0 Å². The Bertz CT molecular complexity index is 169. The summed E-state index contributed by atoms with van der Waals surface area (Å²) in [5, 5.41) is 0.178. The summed E-state index contributed by atoms with van der Waals surface area (Å²) >= 11 is 2.95. The Kier molecular flexibility index (Phi) is 3.38. The van der Waals surface area contributed by atoms with Gasteiger partial charge in [-0.3, -0.25) is 4.79 Å². The topological polar surface area (TPSA) is 44.8 Å². The zero-order valence-electron chi connectivity index (χ0n) is 5.71. The van der Waals surface area contributed by atoms with Crippen molar-refractivity contribution >= 4 is 21.9 Å². The van der Waals surface area contributed by atoms with Gasteiger partial charge in [-0.25, -0.2) is 0 Å². The molecule has 1 aliphatic heterocycles. The first-order valence-electron chi connectivity index (χ1n) is 2.98. The van der Waals surface area contributed by atoms with E-state index < -0.39 is 0 Å². The van der Waals surface area contributed by atoms with Gasteiger partial charge in [0.25, 0.3) is 0 Å². The van der Waals surface area contributed by atoms with Crippen molar-refractivity contribution < 1.29 is 19.0 Å². The molecule has 0 amide bonds. The molecular weight excluding hydrogens is 216 g/mol. The molecular formula is C6H7BrO4. The van der Waals surface area contributed by atoms with Gasteiger partial charge in [-0.05, 0) is 0 Å². The molecule has 0 aromatic carbocycles. The first kappa shape index (κ1) is 8.55. The van der Waals surface area contributed by atoms with Crippen molar-refractivity contribution in [3.63, 3.8) is 0 Å². The van der Waals surface area contributed by atoms with E-state index in [9.17, 15) is 4.79 Å². The minimum atomic E-state index is -0.354. The van der Waals surface area contributed by atoms with E-state index in [0.717, 1.165) is 0 Å². The Hall–Kier alpha value is -0.550. The summed E-state index contributed by atoms with van der Waals surface area (Å²) in [5.41, 5.74) is 0. The number of hydrogen-bond donors (Lipinski definition) is 0. The van der Waals surface area contributed by atoms with Crippen molar-refractivity contribution in [3.8, 4) is 0 Å². The van der Waals surface area contributed by atoms with Gasteiger partial charge >= 0.3 is 5.97 Å². The Morgan fingerprint density at radius 3 is 3.18 bits per heavy atom. The van der Waals surface area contributed by atoms with Gasteiger partial charge in [0.05, 0.1) is 0 Å². The van der Waals surface area contributed by atoms with Crippen molar-refractivity contribution in [3.05, 3.63) is 12.0 Å². The van der Waals surface area contributed by atoms with Crippen LogP contribution in [0.3, 0.4) is 0 Å². The van der Waals surface area contributed by atoms with Gasteiger partial charge in [-0.15, -0.1) is 0 Å². The lowest BCUT2D eigenvalue weighted by atomic mass is 10.6. The van der Waals surface area contributed by atoms with Crippen LogP contribution in [0.25, 0.3) is 0 Å². The maximum Gasteiger partial charge on any atom is 0.321 e. The predicted octanol–water partition coefficient (Wildman–Crippen LogP) is 0.770. The van der Waals surface area contributed by atoms with Gasteiger partial charge in [0.2, 0.25) is 0 Å². The highest BCUT2D eigenvalue weighted by molar-refractivity contribution is 9.09. The second-order valence-electron chi connectivity index (χ2n) is 1.82. The van der Waals surface area contributed by atoms with Crippen molar-refractivity contribution in [2.24, 2.45) is 0 Å². The Morgan fingerprint density at radius 1 is 1.82 bits per heavy atom. The van der Waals surface area contributed by atoms with Crippen LogP contribution in [0.5, 0.6) is 0 Å². The van der Waals surface area contributed by atoms with Crippen LogP contribution < -0.4 is 0 Å². The summed E-state index contributed by atoms with van der Waals surface area (Å²) in [7, 11) is 0. The summed E-state index contributed by atoms with van der Waals surface area (Å²) in [6, 6.07) is 0. The first-order chi connectivity index (χ1) is 5.33. The van der Waals surface area contributed by atoms with Crippen LogP contribution in [-0.4, -0.2) is 24.7 Å². The monoisotopic (exact) mass is 222 g/mol. The molecule has 0 aliphatic carbocycles. The zero-order valence-corrected chi connectivity index (χ0v) is 7.30. The first-order valence-corrected chi connectivity index (χ1v) is 4.10. The number of alkyl halides is 1. The average Bonchev–Trinajstić information content (AvgIpc) is 2.52. The van der Waals surface area contributed by atoms with E-state index in [1.54, 1.807) is 0 Å². The Balaban J connectivity index is 2.28. The number of carbonyl (C=O) groups excluding carboxylic acids is 1. The van der Waals surface area contributed by atoms with E-state index in [1.807, 2.05) is 0 Å². The molecule has 1 rings (SSSR count). The maximum absolute atomic E-state index is 10.6. The third kappa shape index (κ3) is 2.90. The third-order valence-corrected chi connectivity index (χ3v) is 1.46. The van der Waals surface area contributed by atoms with Crippen molar-refractivity contribution in [2.45, 2.75) is 0 Å². The minimum absolute atomic E-state index is 0.178. The van der Waals surface area contributed by atoms with Gasteiger partial charge in [0, 0.05) is 0 Å². The summed E-state index contributed by atoms with van der Waals surface area (Å²) in [5.74, 6) is 0.187. The summed E-state index contributed by atoms with van der Waals surface area (Å²) in [6.07, 6.45) is 1.26. The number of rotatable bonds is 2. The van der Waals surface area contributed by atoms with E-state index in [2.05, 4.69) is 20.7 Å². The third-order valence-electron chi connectivity index (χ3n) is 1.00. The predicted molar refractivity (Wildman–Crippen MR) is 39.9 cm³/mol. The summed E-state index contributed by atoms with van der Waals surface area (Å²) < 4.78 is 14.3. The molecule has 1 heterocycles. The largest absolute Gasteiger partial charge is 0.466 e. The summed E-state index contributed by atoms with van der Waals surface area (Å²) in [4.78, 5) is 10.6. The van der Waals surface area contributed by atoms with E-state index in [0.29, 0.717) is 12.4 Å². The van der Waals surface area contributed by atoms with Crippen molar-refractivity contribution in [1.29, 1.82) is 0 Å². The van der Waals surface area contributed by atoms with Gasteiger partial charge < -0.3 is 14.2 Å². The molecule has 0 spiro atoms. The molecule has 0 saturated carbocycles. The lowest BCUT2D eigenvalue weighted by molar-refractivity contribution is -0.135. The van der Waals surface area contributed by atoms with Gasteiger partial charge in [-0.2, -0.15) is 0 Å². The second kappa shape index (κ2) is 4.35. The molecule has 0 aromatic heterocycles. The quantitative estimate of drug-likeness (QED) is 0.394. The van der Waals surface area contributed by atoms with Crippen LogP contribution in [0.4, 0.5) is 0 Å². The molecule has 1 aliphatic rings. The summed E-state index contributed by atoms with van der Waals surface area (Å²) in [6.45, 7) is 0.604. The number of hydrogen-bond acceptors (Lipinski definition) is 4. The fourth-order valence-electron chi connectivity index (χ4n) is 0.532. The van der Waals surface area contributed by atoms with E-state index in [-0.39, 0.29) is 18.1 Å². The lowest BCUT2D eigenvalue weighted by Crippen LogP contribution is -2.00. The SMILES string of the molecule is O=C(CBr)OC=C1COCO1. The minimum Gasteiger partial charge on any atom is -0.466 e. The molecule has 1 saturated heterocycles. The molecule has 0 radical (unpaired) electrons. The molecule has 4 nitrogen and oxygen atoms in total. The van der Waals surface area contributed by atoms with Crippen LogP contribution in [0.15, 0.2) is 12.0 Å². The number of carbonyl (C=O) groups is 1. The molecule has 0 unspecified atom stereocenters. The number of ether oxygens (including phenoxy) is 3. The van der Waals surface area contributed by atoms with Crippen LogP contribution in [0.1, 0.15) is 0 Å². The van der Waals surface area contributed by atoms with Gasteiger partial charge in [0.1, 0.15) is 18.2 Å². The molecule has 62 valence electrons. The fraction of sp³-hybridized carbons (Fsp3) is 0.500. The average molecular weight is 223 g/mol. The number of esters is 1. The molecule has 0 aromatic rings. The van der Waals surface area contributed by atoms with E-state index in [4.69, 9.17) is 9.47 Å². The highest BCUT2D eigenvalue weighted by Crippen LogP contribution is 2.06. The van der Waals surface area contributed by atoms with E-state index >= 15 is 0 Å². The van der Waals surface area contributed by atoms with Crippen LogP contribution in [0.2, 0.25) is 0 Å². The molecule has 0 atom stereocenters. The molecule has 11 heavy (non-hydrogen) atoms. The van der Waals surface area contributed by atoms with Crippen LogP contribution in [0, 0.1) is 0 Å². The maximum atomic E-state index is 10.6. The Labute approximate surface area is 72.2 Å². The van der Waals surface area contributed by atoms with Crippen molar-refractivity contribution in [2.75, 3.05) is 18.7 Å². The highest BCUT2D eigenvalue weighted by atomic mass is 79.9. The smallest absolute Gasteiger partial charge is 0.321 e. The molecule has 5 heteroatoms. The normalized spacial score (nSPS) is 19.9. The van der Waals surface area contributed by atoms with Gasteiger partial charge in [-0.1, -0.05) is 15.9 Å². The lowest BCUT2D eigenvalue weighted by Gasteiger charge is -1.95. The van der Waals surface area contributed by atoms with Crippen molar-refractivity contribution in [1.82, 2.24) is 0 Å². The van der Waals surface area contributed by atoms with Crippen LogP contribution >= 0.6 is 15.9 Å². The van der Waals surface area contributed by atoms with E-state index in [1.165, 1.54) is 6.26 Å². The number of halogens is 1. The zero-order chi connectivity index (χ0) is 8.10. The molecule has 1 fully saturated rings. The van der Waals surface area contributed by atoms with Gasteiger partial charge in [0.15, 0.2) is 12.6 Å². The fourth-order valence-corrected chi connectivity index (χ4v) is 0.664. The standard InChI is InChI=1S/C6H7BrO4/c7-1-6(8)10-3-5-2-9-4-11-5/h3H,1-2,4H2. The highest BCUT2D eigenvalue weighted by Gasteiger charge is 2.08. The Morgan fingerprint density at radius 2 is 2.64 bits per heavy atom. The molecule has 0 N–H and O–H groups in total.